The third-order valence-corrected chi connectivity index (χ3v) is 3.75. The van der Waals surface area contributed by atoms with Gasteiger partial charge < -0.3 is 16.4 Å². The molecule has 0 saturated heterocycles. The molecule has 1 unspecified atom stereocenters. The Bertz CT molecular complexity index is 781. The molecule has 1 atom stereocenters. The van der Waals surface area contributed by atoms with Gasteiger partial charge in [-0.3, -0.25) is 9.59 Å². The predicted octanol–water partition coefficient (Wildman–Crippen LogP) is 3.96. The van der Waals surface area contributed by atoms with Crippen LogP contribution in [-0.2, 0) is 4.79 Å². The van der Waals surface area contributed by atoms with Gasteiger partial charge in [0.2, 0.25) is 5.91 Å². The summed E-state index contributed by atoms with van der Waals surface area (Å²) in [5.74, 6) is -1.14. The van der Waals surface area contributed by atoms with Crippen molar-refractivity contribution in [2.45, 2.75) is 32.2 Å². The van der Waals surface area contributed by atoms with Gasteiger partial charge in [0.05, 0.1) is 5.54 Å². The van der Waals surface area contributed by atoms with Crippen LogP contribution in [0.2, 0.25) is 0 Å². The van der Waals surface area contributed by atoms with Crippen molar-refractivity contribution < 1.29 is 14.0 Å². The number of halogens is 2. The van der Waals surface area contributed by atoms with Crippen molar-refractivity contribution in [3.05, 3.63) is 59.9 Å². The maximum absolute atomic E-state index is 13.2. The molecule has 5 nitrogen and oxygen atoms in total. The molecule has 0 fully saturated rings. The van der Waals surface area contributed by atoms with E-state index < -0.39 is 17.3 Å². The standard InChI is InChI=1S/C19H22FN3O2.ClH/c1-3-10-19(2,21)18(25)23-15-8-4-6-13(11-15)17(24)22-16-9-5-7-14(20)12-16;/h4-9,11-12H,3,10,21H2,1-2H3,(H,22,24)(H,23,25);1H. The summed E-state index contributed by atoms with van der Waals surface area (Å²) in [6.07, 6.45) is 1.34. The van der Waals surface area contributed by atoms with Crippen molar-refractivity contribution in [2.75, 3.05) is 10.6 Å². The van der Waals surface area contributed by atoms with Gasteiger partial charge in [-0.15, -0.1) is 12.4 Å². The fraction of sp³-hybridized carbons (Fsp3) is 0.263. The number of rotatable bonds is 6. The van der Waals surface area contributed by atoms with Crippen LogP contribution in [0.25, 0.3) is 0 Å². The minimum Gasteiger partial charge on any atom is -0.324 e. The number of nitrogens with one attached hydrogen (secondary N) is 2. The minimum atomic E-state index is -0.978. The van der Waals surface area contributed by atoms with E-state index >= 15 is 0 Å². The van der Waals surface area contributed by atoms with Crippen LogP contribution < -0.4 is 16.4 Å². The maximum Gasteiger partial charge on any atom is 0.255 e. The van der Waals surface area contributed by atoms with Crippen LogP contribution in [0.3, 0.4) is 0 Å². The lowest BCUT2D eigenvalue weighted by atomic mass is 9.96. The Kier molecular flexibility index (Phi) is 7.74. The molecule has 0 radical (unpaired) electrons. The Balaban J connectivity index is 0.00000338. The monoisotopic (exact) mass is 379 g/mol. The molecule has 0 heterocycles. The molecular weight excluding hydrogens is 357 g/mol. The molecule has 0 saturated carbocycles. The number of hydrogen-bond donors (Lipinski definition) is 3. The van der Waals surface area contributed by atoms with Crippen molar-refractivity contribution >= 4 is 35.6 Å². The minimum absolute atomic E-state index is 0. The molecule has 2 aromatic rings. The molecule has 0 aliphatic rings. The van der Waals surface area contributed by atoms with Gasteiger partial charge in [-0.1, -0.05) is 25.5 Å². The van der Waals surface area contributed by atoms with Gasteiger partial charge >= 0.3 is 0 Å². The van der Waals surface area contributed by atoms with Crippen molar-refractivity contribution in [3.8, 4) is 0 Å². The molecular formula is C19H23ClFN3O2. The fourth-order valence-electron chi connectivity index (χ4n) is 2.41. The Morgan fingerprint density at radius 2 is 1.69 bits per heavy atom. The normalized spacial score (nSPS) is 12.5. The summed E-state index contributed by atoms with van der Waals surface area (Å²) in [5.41, 5.74) is 6.21. The highest BCUT2D eigenvalue weighted by Crippen LogP contribution is 2.17. The molecule has 7 heteroatoms. The van der Waals surface area contributed by atoms with Gasteiger partial charge in [0, 0.05) is 16.9 Å². The quantitative estimate of drug-likeness (QED) is 0.710. The first kappa shape index (κ1) is 21.6. The molecule has 140 valence electrons. The van der Waals surface area contributed by atoms with Gasteiger partial charge in [0.25, 0.3) is 5.91 Å². The molecule has 0 spiro atoms. The zero-order valence-electron chi connectivity index (χ0n) is 14.7. The Labute approximate surface area is 158 Å². The number of amides is 2. The molecule has 0 aromatic heterocycles. The molecule has 0 aliphatic carbocycles. The van der Waals surface area contributed by atoms with Gasteiger partial charge in [0.1, 0.15) is 5.82 Å². The first-order valence-electron chi connectivity index (χ1n) is 8.09. The van der Waals surface area contributed by atoms with Crippen molar-refractivity contribution in [1.82, 2.24) is 0 Å². The summed E-state index contributed by atoms with van der Waals surface area (Å²) in [4.78, 5) is 24.5. The number of benzene rings is 2. The number of carbonyl (C=O) groups excluding carboxylic acids is 2. The average molecular weight is 380 g/mol. The Morgan fingerprint density at radius 1 is 1.08 bits per heavy atom. The van der Waals surface area contributed by atoms with Crippen LogP contribution in [0.4, 0.5) is 15.8 Å². The van der Waals surface area contributed by atoms with E-state index in [1.807, 2.05) is 6.92 Å². The number of carbonyl (C=O) groups is 2. The van der Waals surface area contributed by atoms with Crippen molar-refractivity contribution in [2.24, 2.45) is 5.73 Å². The topological polar surface area (TPSA) is 84.2 Å². The first-order chi connectivity index (χ1) is 11.8. The molecule has 4 N–H and O–H groups in total. The summed E-state index contributed by atoms with van der Waals surface area (Å²) >= 11 is 0. The zero-order chi connectivity index (χ0) is 18.4. The van der Waals surface area contributed by atoms with E-state index in [0.717, 1.165) is 6.42 Å². The second-order valence-corrected chi connectivity index (χ2v) is 6.17. The zero-order valence-corrected chi connectivity index (χ0v) is 15.5. The van der Waals surface area contributed by atoms with Gasteiger partial charge in [-0.2, -0.15) is 0 Å². The van der Waals surface area contributed by atoms with Crippen molar-refractivity contribution in [1.29, 1.82) is 0 Å². The first-order valence-corrected chi connectivity index (χ1v) is 8.09. The average Bonchev–Trinajstić information content (AvgIpc) is 2.55. The van der Waals surface area contributed by atoms with Crippen LogP contribution in [-0.4, -0.2) is 17.4 Å². The van der Waals surface area contributed by atoms with E-state index in [2.05, 4.69) is 10.6 Å². The highest BCUT2D eigenvalue weighted by atomic mass is 35.5. The van der Waals surface area contributed by atoms with E-state index in [1.165, 1.54) is 18.2 Å². The summed E-state index contributed by atoms with van der Waals surface area (Å²) in [6.45, 7) is 3.63. The fourth-order valence-corrected chi connectivity index (χ4v) is 2.41. The molecule has 2 amide bonds. The third-order valence-electron chi connectivity index (χ3n) is 3.75. The molecule has 2 rings (SSSR count). The SMILES string of the molecule is CCCC(C)(N)C(=O)Nc1cccc(C(=O)Nc2cccc(F)c2)c1.Cl. The lowest BCUT2D eigenvalue weighted by Crippen LogP contribution is -2.48. The molecule has 26 heavy (non-hydrogen) atoms. The van der Waals surface area contributed by atoms with E-state index in [-0.39, 0.29) is 18.3 Å². The number of nitrogens with two attached hydrogens (primary N) is 1. The maximum atomic E-state index is 13.2. The van der Waals surface area contributed by atoms with Crippen LogP contribution in [0.1, 0.15) is 37.0 Å². The number of anilines is 2. The summed E-state index contributed by atoms with van der Waals surface area (Å²) < 4.78 is 13.2. The van der Waals surface area contributed by atoms with Gasteiger partial charge in [-0.25, -0.2) is 4.39 Å². The predicted molar refractivity (Wildman–Crippen MR) is 104 cm³/mol. The smallest absolute Gasteiger partial charge is 0.255 e. The lowest BCUT2D eigenvalue weighted by Gasteiger charge is -2.23. The second-order valence-electron chi connectivity index (χ2n) is 6.17. The largest absolute Gasteiger partial charge is 0.324 e. The molecule has 2 aromatic carbocycles. The lowest BCUT2D eigenvalue weighted by molar-refractivity contribution is -0.120. The summed E-state index contributed by atoms with van der Waals surface area (Å²) in [6, 6.07) is 12.1. The Hall–Kier alpha value is -2.44. The van der Waals surface area contributed by atoms with E-state index in [4.69, 9.17) is 5.73 Å². The summed E-state index contributed by atoms with van der Waals surface area (Å²) in [5, 5.41) is 5.35. The van der Waals surface area contributed by atoms with Gasteiger partial charge in [0.15, 0.2) is 0 Å². The molecule has 0 aliphatic heterocycles. The number of hydrogen-bond acceptors (Lipinski definition) is 3. The highest BCUT2D eigenvalue weighted by molar-refractivity contribution is 6.05. The van der Waals surface area contributed by atoms with Crippen LogP contribution in [0.15, 0.2) is 48.5 Å². The second kappa shape index (κ2) is 9.31. The van der Waals surface area contributed by atoms with E-state index in [1.54, 1.807) is 37.3 Å². The van der Waals surface area contributed by atoms with E-state index in [9.17, 15) is 14.0 Å². The van der Waals surface area contributed by atoms with Crippen molar-refractivity contribution in [3.63, 3.8) is 0 Å². The molecule has 0 bridgehead atoms. The van der Waals surface area contributed by atoms with Crippen LogP contribution in [0.5, 0.6) is 0 Å². The Morgan fingerprint density at radius 3 is 2.31 bits per heavy atom. The summed E-state index contributed by atoms with van der Waals surface area (Å²) in [7, 11) is 0. The highest BCUT2D eigenvalue weighted by Gasteiger charge is 2.27. The van der Waals surface area contributed by atoms with E-state index in [0.29, 0.717) is 23.4 Å². The van der Waals surface area contributed by atoms with Crippen LogP contribution >= 0.6 is 12.4 Å². The van der Waals surface area contributed by atoms with Crippen LogP contribution in [0, 0.1) is 5.82 Å². The third kappa shape index (κ3) is 5.82. The van der Waals surface area contributed by atoms with Gasteiger partial charge in [-0.05, 0) is 49.7 Å².